The topological polar surface area (TPSA) is 78.5 Å². The van der Waals surface area contributed by atoms with Gasteiger partial charge in [0.1, 0.15) is 0 Å². The molecular formula is C13H27N3O3S. The number of hydrogen-bond donors (Lipinski definition) is 2. The lowest BCUT2D eigenvalue weighted by molar-refractivity contribution is -0.124. The van der Waals surface area contributed by atoms with E-state index in [-0.39, 0.29) is 23.5 Å². The third kappa shape index (κ3) is 5.76. The number of nitrogens with zero attached hydrogens (tertiary/aromatic N) is 1. The number of sulfonamides is 1. The first-order valence-electron chi connectivity index (χ1n) is 7.02. The molecule has 0 spiro atoms. The van der Waals surface area contributed by atoms with E-state index in [1.165, 1.54) is 10.6 Å². The van der Waals surface area contributed by atoms with Gasteiger partial charge in [-0.15, -0.1) is 0 Å². The second kappa shape index (κ2) is 6.41. The van der Waals surface area contributed by atoms with Crippen LogP contribution >= 0.6 is 0 Å². The molecule has 1 atom stereocenters. The molecule has 0 aromatic heterocycles. The first-order chi connectivity index (χ1) is 8.99. The maximum absolute atomic E-state index is 12.0. The number of nitrogens with one attached hydrogen (secondary N) is 2. The standard InChI is InChI=1S/C13H27N3O3S/c1-10(12(17)15-13(2,3)4)14-11-6-8-16(9-7-11)20(5,18)19/h10-11,14H,6-9H2,1-5H3,(H,15,17). The molecule has 0 bridgehead atoms. The molecule has 0 aliphatic carbocycles. The van der Waals surface area contributed by atoms with Crippen LogP contribution in [-0.4, -0.2) is 55.6 Å². The van der Waals surface area contributed by atoms with Gasteiger partial charge in [0.2, 0.25) is 15.9 Å². The van der Waals surface area contributed by atoms with E-state index >= 15 is 0 Å². The lowest BCUT2D eigenvalue weighted by atomic mass is 10.0. The van der Waals surface area contributed by atoms with E-state index < -0.39 is 10.0 Å². The summed E-state index contributed by atoms with van der Waals surface area (Å²) in [6.07, 6.45) is 2.71. The maximum atomic E-state index is 12.0. The van der Waals surface area contributed by atoms with Gasteiger partial charge in [-0.1, -0.05) is 0 Å². The van der Waals surface area contributed by atoms with E-state index in [1.54, 1.807) is 0 Å². The van der Waals surface area contributed by atoms with Gasteiger partial charge in [-0.25, -0.2) is 12.7 Å². The van der Waals surface area contributed by atoms with E-state index in [0.29, 0.717) is 13.1 Å². The fraction of sp³-hybridized carbons (Fsp3) is 0.923. The second-order valence-corrected chi connectivity index (χ2v) is 8.55. The van der Waals surface area contributed by atoms with Crippen molar-refractivity contribution >= 4 is 15.9 Å². The Labute approximate surface area is 122 Å². The number of carbonyl (C=O) groups is 1. The van der Waals surface area contributed by atoms with E-state index in [4.69, 9.17) is 0 Å². The molecule has 6 nitrogen and oxygen atoms in total. The lowest BCUT2D eigenvalue weighted by Crippen LogP contribution is -2.54. The smallest absolute Gasteiger partial charge is 0.237 e. The van der Waals surface area contributed by atoms with Crippen LogP contribution in [0.25, 0.3) is 0 Å². The number of hydrogen-bond acceptors (Lipinski definition) is 4. The zero-order valence-electron chi connectivity index (χ0n) is 13.1. The molecule has 1 unspecified atom stereocenters. The quantitative estimate of drug-likeness (QED) is 0.783. The van der Waals surface area contributed by atoms with Gasteiger partial charge in [0.05, 0.1) is 12.3 Å². The molecule has 0 saturated carbocycles. The summed E-state index contributed by atoms with van der Waals surface area (Å²) in [6.45, 7) is 8.71. The highest BCUT2D eigenvalue weighted by Crippen LogP contribution is 2.13. The molecule has 0 aromatic carbocycles. The summed E-state index contributed by atoms with van der Waals surface area (Å²) in [7, 11) is -3.09. The normalized spacial score (nSPS) is 20.6. The van der Waals surface area contributed by atoms with Crippen molar-refractivity contribution in [2.24, 2.45) is 0 Å². The number of carbonyl (C=O) groups excluding carboxylic acids is 1. The van der Waals surface area contributed by atoms with Gasteiger partial charge in [0.25, 0.3) is 0 Å². The van der Waals surface area contributed by atoms with Gasteiger partial charge in [-0.2, -0.15) is 0 Å². The Kier molecular flexibility index (Phi) is 5.57. The van der Waals surface area contributed by atoms with Crippen molar-refractivity contribution in [1.29, 1.82) is 0 Å². The first-order valence-corrected chi connectivity index (χ1v) is 8.87. The minimum absolute atomic E-state index is 0.0250. The van der Waals surface area contributed by atoms with Crippen molar-refractivity contribution in [3.05, 3.63) is 0 Å². The fourth-order valence-corrected chi connectivity index (χ4v) is 3.14. The molecule has 1 rings (SSSR count). The van der Waals surface area contributed by atoms with Crippen molar-refractivity contribution in [1.82, 2.24) is 14.9 Å². The van der Waals surface area contributed by atoms with Crippen molar-refractivity contribution in [2.45, 2.75) is 58.2 Å². The molecule has 1 aliphatic rings. The summed E-state index contributed by atoms with van der Waals surface area (Å²) in [5.74, 6) is -0.0250. The molecule has 0 radical (unpaired) electrons. The summed E-state index contributed by atoms with van der Waals surface area (Å²) in [5, 5.41) is 6.21. The maximum Gasteiger partial charge on any atom is 0.237 e. The summed E-state index contributed by atoms with van der Waals surface area (Å²) in [4.78, 5) is 12.0. The van der Waals surface area contributed by atoms with Gasteiger partial charge in [-0.05, 0) is 40.5 Å². The predicted molar refractivity (Wildman–Crippen MR) is 79.9 cm³/mol. The van der Waals surface area contributed by atoms with Gasteiger partial charge >= 0.3 is 0 Å². The first kappa shape index (κ1) is 17.4. The summed E-state index contributed by atoms with van der Waals surface area (Å²) in [6, 6.07) is -0.0854. The van der Waals surface area contributed by atoms with Gasteiger partial charge in [-0.3, -0.25) is 4.79 Å². The number of piperidine rings is 1. The molecule has 1 amide bonds. The Morgan fingerprint density at radius 1 is 1.25 bits per heavy atom. The van der Waals surface area contributed by atoms with Crippen LogP contribution < -0.4 is 10.6 Å². The molecule has 20 heavy (non-hydrogen) atoms. The van der Waals surface area contributed by atoms with Crippen LogP contribution in [0.15, 0.2) is 0 Å². The Hall–Kier alpha value is -0.660. The van der Waals surface area contributed by atoms with Crippen LogP contribution in [0.1, 0.15) is 40.5 Å². The lowest BCUT2D eigenvalue weighted by Gasteiger charge is -2.33. The highest BCUT2D eigenvalue weighted by atomic mass is 32.2. The Morgan fingerprint density at radius 3 is 2.15 bits per heavy atom. The molecule has 2 N–H and O–H groups in total. The van der Waals surface area contributed by atoms with Gasteiger partial charge in [0, 0.05) is 24.7 Å². The van der Waals surface area contributed by atoms with E-state index in [9.17, 15) is 13.2 Å². The summed E-state index contributed by atoms with van der Waals surface area (Å²) >= 11 is 0. The van der Waals surface area contributed by atoms with Crippen LogP contribution in [0.5, 0.6) is 0 Å². The van der Waals surface area contributed by atoms with Crippen LogP contribution in [0.2, 0.25) is 0 Å². The highest BCUT2D eigenvalue weighted by Gasteiger charge is 2.27. The van der Waals surface area contributed by atoms with Crippen molar-refractivity contribution < 1.29 is 13.2 Å². The third-order valence-electron chi connectivity index (χ3n) is 3.30. The van der Waals surface area contributed by atoms with E-state index in [0.717, 1.165) is 12.8 Å². The number of amides is 1. The molecule has 0 aromatic rings. The largest absolute Gasteiger partial charge is 0.350 e. The summed E-state index contributed by atoms with van der Waals surface area (Å²) < 4.78 is 24.3. The van der Waals surface area contributed by atoms with Crippen molar-refractivity contribution in [3.8, 4) is 0 Å². The fourth-order valence-electron chi connectivity index (χ4n) is 2.26. The highest BCUT2D eigenvalue weighted by molar-refractivity contribution is 7.88. The average Bonchev–Trinajstić information content (AvgIpc) is 2.26. The predicted octanol–water partition coefficient (Wildman–Crippen LogP) is 0.303. The van der Waals surface area contributed by atoms with Crippen LogP contribution in [0.3, 0.4) is 0 Å². The van der Waals surface area contributed by atoms with Gasteiger partial charge < -0.3 is 10.6 Å². The van der Waals surface area contributed by atoms with E-state index in [1.807, 2.05) is 27.7 Å². The Morgan fingerprint density at radius 2 is 1.75 bits per heavy atom. The monoisotopic (exact) mass is 305 g/mol. The number of rotatable bonds is 4. The van der Waals surface area contributed by atoms with E-state index in [2.05, 4.69) is 10.6 Å². The summed E-state index contributed by atoms with van der Waals surface area (Å²) in [5.41, 5.74) is -0.243. The van der Waals surface area contributed by atoms with Crippen LogP contribution in [-0.2, 0) is 14.8 Å². The molecular weight excluding hydrogens is 278 g/mol. The Balaban J connectivity index is 2.42. The average molecular weight is 305 g/mol. The minimum atomic E-state index is -3.09. The zero-order valence-corrected chi connectivity index (χ0v) is 13.9. The Bertz CT molecular complexity index is 434. The van der Waals surface area contributed by atoms with Gasteiger partial charge in [0.15, 0.2) is 0 Å². The van der Waals surface area contributed by atoms with Crippen molar-refractivity contribution in [2.75, 3.05) is 19.3 Å². The molecule has 1 fully saturated rings. The SMILES string of the molecule is CC(NC1CCN(S(C)(=O)=O)CC1)C(=O)NC(C)(C)C. The third-order valence-corrected chi connectivity index (χ3v) is 4.60. The molecule has 1 aliphatic heterocycles. The molecule has 118 valence electrons. The molecule has 1 saturated heterocycles. The second-order valence-electron chi connectivity index (χ2n) is 6.56. The van der Waals surface area contributed by atoms with Crippen molar-refractivity contribution in [3.63, 3.8) is 0 Å². The van der Waals surface area contributed by atoms with Crippen LogP contribution in [0, 0.1) is 0 Å². The van der Waals surface area contributed by atoms with Crippen LogP contribution in [0.4, 0.5) is 0 Å². The molecule has 7 heteroatoms. The molecule has 1 heterocycles. The minimum Gasteiger partial charge on any atom is -0.350 e. The zero-order chi connectivity index (χ0) is 15.6.